The lowest BCUT2D eigenvalue weighted by molar-refractivity contribution is -0.134. The summed E-state index contributed by atoms with van der Waals surface area (Å²) in [7, 11) is 1.60. The smallest absolute Gasteiger partial charge is 0.260 e. The van der Waals surface area contributed by atoms with Gasteiger partial charge in [0.05, 0.1) is 7.11 Å². The predicted molar refractivity (Wildman–Crippen MR) is 126 cm³/mol. The molecule has 1 aliphatic heterocycles. The molecule has 6 heteroatoms. The van der Waals surface area contributed by atoms with Crippen LogP contribution in [0, 0.1) is 0 Å². The summed E-state index contributed by atoms with van der Waals surface area (Å²) in [5.41, 5.74) is 1.88. The molecule has 32 heavy (non-hydrogen) atoms. The van der Waals surface area contributed by atoms with Crippen LogP contribution in [-0.2, 0) is 16.1 Å². The number of methoxy groups -OCH3 is 1. The highest BCUT2D eigenvalue weighted by atomic mass is 16.5. The minimum absolute atomic E-state index is 0.0338. The highest BCUT2D eigenvalue weighted by Crippen LogP contribution is 2.25. The van der Waals surface area contributed by atoms with Gasteiger partial charge in [-0.1, -0.05) is 49.9 Å². The predicted octanol–water partition coefficient (Wildman–Crippen LogP) is 4.81. The lowest BCUT2D eigenvalue weighted by Crippen LogP contribution is -2.36. The maximum Gasteiger partial charge on any atom is 0.260 e. The van der Waals surface area contributed by atoms with Crippen LogP contribution in [-0.4, -0.2) is 43.5 Å². The van der Waals surface area contributed by atoms with Crippen molar-refractivity contribution < 1.29 is 19.1 Å². The second-order valence-corrected chi connectivity index (χ2v) is 8.20. The average Bonchev–Trinajstić information content (AvgIpc) is 2.82. The lowest BCUT2D eigenvalue weighted by atomic mass is 10.1. The molecular weight excluding hydrogens is 404 g/mol. The van der Waals surface area contributed by atoms with E-state index in [0.717, 1.165) is 49.8 Å². The summed E-state index contributed by atoms with van der Waals surface area (Å²) in [5, 5.41) is 0. The minimum atomic E-state index is -0.0631. The fourth-order valence-electron chi connectivity index (χ4n) is 4.06. The third kappa shape index (κ3) is 6.74. The van der Waals surface area contributed by atoms with Gasteiger partial charge in [-0.3, -0.25) is 9.59 Å². The van der Waals surface area contributed by atoms with Gasteiger partial charge in [-0.25, -0.2) is 0 Å². The molecular formula is C26H34N2O4. The van der Waals surface area contributed by atoms with Crippen molar-refractivity contribution in [1.29, 1.82) is 0 Å². The molecule has 0 saturated carbocycles. The first kappa shape index (κ1) is 23.6. The second kappa shape index (κ2) is 12.1. The number of carbonyl (C=O) groups is 2. The molecule has 2 aromatic rings. The van der Waals surface area contributed by atoms with Crippen molar-refractivity contribution in [3.8, 4) is 11.5 Å². The first-order chi connectivity index (χ1) is 15.6. The average molecular weight is 439 g/mol. The highest BCUT2D eigenvalue weighted by Gasteiger charge is 2.20. The largest absolute Gasteiger partial charge is 0.497 e. The Balaban J connectivity index is 1.78. The molecule has 0 fully saturated rings. The van der Waals surface area contributed by atoms with Crippen LogP contribution in [0.4, 0.5) is 5.69 Å². The number of anilines is 1. The first-order valence-corrected chi connectivity index (χ1v) is 11.5. The highest BCUT2D eigenvalue weighted by molar-refractivity contribution is 5.92. The van der Waals surface area contributed by atoms with E-state index >= 15 is 0 Å². The van der Waals surface area contributed by atoms with Gasteiger partial charge in [-0.05, 0) is 36.6 Å². The molecule has 0 radical (unpaired) electrons. The zero-order chi connectivity index (χ0) is 22.8. The van der Waals surface area contributed by atoms with E-state index in [1.54, 1.807) is 20.1 Å². The first-order valence-electron chi connectivity index (χ1n) is 11.5. The second-order valence-electron chi connectivity index (χ2n) is 8.20. The number of hydrogen-bond acceptors (Lipinski definition) is 4. The third-order valence-electron chi connectivity index (χ3n) is 5.84. The lowest BCUT2D eigenvalue weighted by Gasteiger charge is -2.28. The quantitative estimate of drug-likeness (QED) is 0.687. The fourth-order valence-corrected chi connectivity index (χ4v) is 4.06. The van der Waals surface area contributed by atoms with Crippen LogP contribution in [0.5, 0.6) is 11.5 Å². The van der Waals surface area contributed by atoms with Gasteiger partial charge in [0.1, 0.15) is 11.5 Å². The van der Waals surface area contributed by atoms with Crippen molar-refractivity contribution in [2.75, 3.05) is 31.7 Å². The fraction of sp³-hybridized carbons (Fsp3) is 0.462. The van der Waals surface area contributed by atoms with Crippen molar-refractivity contribution in [2.45, 2.75) is 52.0 Å². The molecule has 0 N–H and O–H groups in total. The molecule has 6 nitrogen and oxygen atoms in total. The van der Waals surface area contributed by atoms with Crippen LogP contribution in [0.15, 0.2) is 48.5 Å². The summed E-state index contributed by atoms with van der Waals surface area (Å²) in [6.45, 7) is 3.42. The van der Waals surface area contributed by atoms with Gasteiger partial charge in [0.15, 0.2) is 6.61 Å². The molecule has 1 heterocycles. The van der Waals surface area contributed by atoms with Crippen molar-refractivity contribution >= 4 is 17.5 Å². The van der Waals surface area contributed by atoms with Crippen LogP contribution in [0.25, 0.3) is 0 Å². The maximum absolute atomic E-state index is 13.1. The van der Waals surface area contributed by atoms with E-state index in [9.17, 15) is 9.59 Å². The number of carbonyl (C=O) groups excluding carboxylic acids is 2. The Bertz CT molecular complexity index is 899. The van der Waals surface area contributed by atoms with Gasteiger partial charge < -0.3 is 19.3 Å². The number of nitrogens with zero attached hydrogens (tertiary/aromatic N) is 2. The van der Waals surface area contributed by atoms with Crippen molar-refractivity contribution in [1.82, 2.24) is 4.90 Å². The monoisotopic (exact) mass is 438 g/mol. The van der Waals surface area contributed by atoms with Gasteiger partial charge in [0, 0.05) is 38.3 Å². The van der Waals surface area contributed by atoms with Gasteiger partial charge in [0.25, 0.3) is 5.91 Å². The van der Waals surface area contributed by atoms with Crippen LogP contribution in [0.3, 0.4) is 0 Å². The number of para-hydroxylation sites is 1. The van der Waals surface area contributed by atoms with E-state index in [-0.39, 0.29) is 18.4 Å². The Hall–Kier alpha value is -3.02. The van der Waals surface area contributed by atoms with Crippen molar-refractivity contribution in [3.63, 3.8) is 0 Å². The van der Waals surface area contributed by atoms with Crippen molar-refractivity contribution in [3.05, 3.63) is 54.1 Å². The number of hydrogen-bond donors (Lipinski definition) is 0. The van der Waals surface area contributed by atoms with Crippen LogP contribution in [0.1, 0.15) is 51.0 Å². The summed E-state index contributed by atoms with van der Waals surface area (Å²) in [4.78, 5) is 29.2. The van der Waals surface area contributed by atoms with E-state index in [1.165, 1.54) is 0 Å². The summed E-state index contributed by atoms with van der Waals surface area (Å²) in [6.07, 6.45) is 6.46. The SMILES string of the molecule is COc1cccc(OCC(=O)N2CCCCCCCCN(C(C)=O)c3ccccc3C2)c1. The minimum Gasteiger partial charge on any atom is -0.497 e. The molecule has 0 unspecified atom stereocenters. The molecule has 2 amide bonds. The third-order valence-corrected chi connectivity index (χ3v) is 5.84. The topological polar surface area (TPSA) is 59.1 Å². The molecule has 3 rings (SSSR count). The summed E-state index contributed by atoms with van der Waals surface area (Å²) in [6, 6.07) is 15.2. The molecule has 172 valence electrons. The Morgan fingerprint density at radius 2 is 1.56 bits per heavy atom. The maximum atomic E-state index is 13.1. The Kier molecular flexibility index (Phi) is 8.96. The van der Waals surface area contributed by atoms with Crippen LogP contribution in [0.2, 0.25) is 0 Å². The zero-order valence-corrected chi connectivity index (χ0v) is 19.2. The number of amides is 2. The van der Waals surface area contributed by atoms with Gasteiger partial charge >= 0.3 is 0 Å². The number of ether oxygens (including phenoxy) is 2. The van der Waals surface area contributed by atoms with E-state index < -0.39 is 0 Å². The zero-order valence-electron chi connectivity index (χ0n) is 19.2. The van der Waals surface area contributed by atoms with E-state index in [0.29, 0.717) is 31.1 Å². The molecule has 0 saturated heterocycles. The van der Waals surface area contributed by atoms with E-state index in [1.807, 2.05) is 52.3 Å². The molecule has 2 aromatic carbocycles. The molecule has 0 aliphatic carbocycles. The van der Waals surface area contributed by atoms with E-state index in [2.05, 4.69) is 0 Å². The molecule has 0 spiro atoms. The van der Waals surface area contributed by atoms with Crippen LogP contribution >= 0.6 is 0 Å². The Labute approximate surface area is 191 Å². The molecule has 1 aliphatic rings. The molecule has 0 bridgehead atoms. The van der Waals surface area contributed by atoms with Gasteiger partial charge in [0.2, 0.25) is 5.91 Å². The summed E-state index contributed by atoms with van der Waals surface area (Å²) in [5.74, 6) is 1.26. The number of benzene rings is 2. The Morgan fingerprint density at radius 1 is 0.875 bits per heavy atom. The standard InChI is InChI=1S/C26H34N2O4/c1-21(29)28-17-10-6-4-3-5-9-16-27(19-22-12-7-8-15-25(22)28)26(30)20-32-24-14-11-13-23(18-24)31-2/h7-8,11-15,18H,3-6,9-10,16-17,19-20H2,1-2H3. The summed E-state index contributed by atoms with van der Waals surface area (Å²) < 4.78 is 11.0. The summed E-state index contributed by atoms with van der Waals surface area (Å²) >= 11 is 0. The number of rotatable bonds is 4. The van der Waals surface area contributed by atoms with Gasteiger partial charge in [-0.2, -0.15) is 0 Å². The normalized spacial score (nSPS) is 15.6. The Morgan fingerprint density at radius 3 is 2.31 bits per heavy atom. The van der Waals surface area contributed by atoms with Crippen LogP contribution < -0.4 is 14.4 Å². The molecule has 0 aromatic heterocycles. The molecule has 0 atom stereocenters. The number of fused-ring (bicyclic) bond motifs is 1. The van der Waals surface area contributed by atoms with E-state index in [4.69, 9.17) is 9.47 Å². The van der Waals surface area contributed by atoms with Gasteiger partial charge in [-0.15, -0.1) is 0 Å². The van der Waals surface area contributed by atoms with Crippen molar-refractivity contribution in [2.24, 2.45) is 0 Å².